The van der Waals surface area contributed by atoms with Gasteiger partial charge in [-0.1, -0.05) is 12.1 Å². The van der Waals surface area contributed by atoms with E-state index in [1.165, 1.54) is 6.92 Å². The highest BCUT2D eigenvalue weighted by Crippen LogP contribution is 2.12. The second kappa shape index (κ2) is 5.22. The minimum Gasteiger partial charge on any atom is -0.353 e. The Labute approximate surface area is 111 Å². The second-order valence-electron chi connectivity index (χ2n) is 4.60. The van der Waals surface area contributed by atoms with Gasteiger partial charge in [-0.2, -0.15) is 0 Å². The van der Waals surface area contributed by atoms with E-state index in [0.29, 0.717) is 24.2 Å². The van der Waals surface area contributed by atoms with Gasteiger partial charge >= 0.3 is 0 Å². The largest absolute Gasteiger partial charge is 0.353 e. The molecule has 2 amide bonds. The average Bonchev–Trinajstić information content (AvgIpc) is 2.41. The van der Waals surface area contributed by atoms with Gasteiger partial charge in [-0.25, -0.2) is 0 Å². The highest BCUT2D eigenvalue weighted by atomic mass is 16.2. The van der Waals surface area contributed by atoms with E-state index in [1.807, 2.05) is 0 Å². The molecule has 5 heteroatoms. The molecule has 0 aliphatic carbocycles. The Morgan fingerprint density at radius 2 is 1.79 bits per heavy atom. The van der Waals surface area contributed by atoms with Gasteiger partial charge in [0, 0.05) is 24.2 Å². The maximum absolute atomic E-state index is 12.3. The van der Waals surface area contributed by atoms with E-state index in [9.17, 15) is 14.4 Å². The zero-order valence-corrected chi connectivity index (χ0v) is 11.0. The maximum atomic E-state index is 12.3. The quantitative estimate of drug-likeness (QED) is 0.802. The third-order valence-corrected chi connectivity index (χ3v) is 3.30. The summed E-state index contributed by atoms with van der Waals surface area (Å²) in [6, 6.07) is 6.04. The summed E-state index contributed by atoms with van der Waals surface area (Å²) in [4.78, 5) is 36.6. The van der Waals surface area contributed by atoms with Crippen LogP contribution in [0.3, 0.4) is 0 Å². The van der Waals surface area contributed by atoms with E-state index in [1.54, 1.807) is 36.1 Å². The number of piperazine rings is 1. The Bertz CT molecular complexity index is 522. The van der Waals surface area contributed by atoms with E-state index in [4.69, 9.17) is 0 Å². The lowest BCUT2D eigenvalue weighted by atomic mass is 10.1. The molecule has 1 heterocycles. The van der Waals surface area contributed by atoms with Gasteiger partial charge in [0.15, 0.2) is 5.78 Å². The van der Waals surface area contributed by atoms with E-state index in [2.05, 4.69) is 5.32 Å². The fraction of sp³-hybridized carbons (Fsp3) is 0.357. The Balaban J connectivity index is 2.19. The number of rotatable bonds is 2. The molecule has 1 aliphatic heterocycles. The molecule has 1 N–H and O–H groups in total. The number of benzene rings is 1. The van der Waals surface area contributed by atoms with Crippen LogP contribution in [0, 0.1) is 0 Å². The summed E-state index contributed by atoms with van der Waals surface area (Å²) < 4.78 is 0. The number of nitrogens with one attached hydrogen (secondary N) is 1. The lowest BCUT2D eigenvalue weighted by Crippen LogP contribution is -2.55. The van der Waals surface area contributed by atoms with Crippen molar-refractivity contribution in [3.63, 3.8) is 0 Å². The number of ketones is 1. The summed E-state index contributed by atoms with van der Waals surface area (Å²) in [5, 5.41) is 2.71. The first-order valence-electron chi connectivity index (χ1n) is 6.20. The van der Waals surface area contributed by atoms with Crippen molar-refractivity contribution in [2.75, 3.05) is 13.1 Å². The number of carbonyl (C=O) groups is 3. The van der Waals surface area contributed by atoms with Crippen molar-refractivity contribution in [1.82, 2.24) is 10.2 Å². The normalized spacial score (nSPS) is 18.9. The zero-order chi connectivity index (χ0) is 14.0. The minimum atomic E-state index is -0.464. The lowest BCUT2D eigenvalue weighted by Gasteiger charge is -2.32. The summed E-state index contributed by atoms with van der Waals surface area (Å²) >= 11 is 0. The van der Waals surface area contributed by atoms with Crippen LogP contribution in [0.5, 0.6) is 0 Å². The van der Waals surface area contributed by atoms with E-state index in [-0.39, 0.29) is 17.6 Å². The van der Waals surface area contributed by atoms with Gasteiger partial charge in [-0.15, -0.1) is 0 Å². The third-order valence-electron chi connectivity index (χ3n) is 3.30. The van der Waals surface area contributed by atoms with Crippen LogP contribution in [0.15, 0.2) is 24.3 Å². The third kappa shape index (κ3) is 2.65. The van der Waals surface area contributed by atoms with Crippen LogP contribution >= 0.6 is 0 Å². The standard InChI is InChI=1S/C14H16N2O3/c1-9-13(18)15-7-8-16(9)14(19)12-5-3-11(4-6-12)10(2)17/h3-6,9H,7-8H2,1-2H3,(H,15,18). The predicted octanol–water partition coefficient (Wildman–Crippen LogP) is 0.850. The van der Waals surface area contributed by atoms with E-state index >= 15 is 0 Å². The molecule has 1 aromatic rings. The molecule has 2 rings (SSSR count). The summed E-state index contributed by atoms with van der Waals surface area (Å²) in [7, 11) is 0. The Hall–Kier alpha value is -2.17. The van der Waals surface area contributed by atoms with Gasteiger partial charge in [0.2, 0.25) is 5.91 Å². The Morgan fingerprint density at radius 1 is 1.21 bits per heavy atom. The molecular weight excluding hydrogens is 244 g/mol. The molecule has 0 spiro atoms. The van der Waals surface area contributed by atoms with Gasteiger partial charge in [0.05, 0.1) is 0 Å². The molecule has 0 radical (unpaired) electrons. The van der Waals surface area contributed by atoms with Crippen molar-refractivity contribution in [3.05, 3.63) is 35.4 Å². The van der Waals surface area contributed by atoms with Crippen molar-refractivity contribution in [2.24, 2.45) is 0 Å². The molecule has 0 saturated carbocycles. The van der Waals surface area contributed by atoms with Crippen LogP contribution in [0.1, 0.15) is 34.6 Å². The topological polar surface area (TPSA) is 66.5 Å². The second-order valence-corrected chi connectivity index (χ2v) is 4.60. The van der Waals surface area contributed by atoms with Crippen molar-refractivity contribution >= 4 is 17.6 Å². The minimum absolute atomic E-state index is 0.0373. The van der Waals surface area contributed by atoms with Crippen LogP contribution in [0.2, 0.25) is 0 Å². The Kier molecular flexibility index (Phi) is 3.64. The van der Waals surface area contributed by atoms with Crippen LogP contribution in [-0.2, 0) is 4.79 Å². The maximum Gasteiger partial charge on any atom is 0.254 e. The van der Waals surface area contributed by atoms with Crippen LogP contribution in [0.4, 0.5) is 0 Å². The first kappa shape index (κ1) is 13.3. The van der Waals surface area contributed by atoms with Crippen molar-refractivity contribution < 1.29 is 14.4 Å². The summed E-state index contributed by atoms with van der Waals surface area (Å²) in [6.45, 7) is 4.16. The first-order valence-corrected chi connectivity index (χ1v) is 6.20. The Morgan fingerprint density at radius 3 is 2.37 bits per heavy atom. The van der Waals surface area contributed by atoms with Crippen LogP contribution in [0.25, 0.3) is 0 Å². The number of hydrogen-bond donors (Lipinski definition) is 1. The van der Waals surface area contributed by atoms with Gasteiger partial charge in [-0.3, -0.25) is 14.4 Å². The summed E-state index contributed by atoms with van der Waals surface area (Å²) in [5.41, 5.74) is 1.06. The van der Waals surface area contributed by atoms with E-state index in [0.717, 1.165) is 0 Å². The number of hydrogen-bond acceptors (Lipinski definition) is 3. The number of nitrogens with zero attached hydrogens (tertiary/aromatic N) is 1. The highest BCUT2D eigenvalue weighted by molar-refractivity contribution is 5.99. The van der Waals surface area contributed by atoms with Gasteiger partial charge in [-0.05, 0) is 26.0 Å². The summed E-state index contributed by atoms with van der Waals surface area (Å²) in [5.74, 6) is -0.359. The fourth-order valence-corrected chi connectivity index (χ4v) is 2.07. The lowest BCUT2D eigenvalue weighted by molar-refractivity contribution is -0.127. The molecule has 0 bridgehead atoms. The smallest absolute Gasteiger partial charge is 0.254 e. The van der Waals surface area contributed by atoms with Crippen molar-refractivity contribution in [1.29, 1.82) is 0 Å². The molecule has 1 aromatic carbocycles. The fourth-order valence-electron chi connectivity index (χ4n) is 2.07. The van der Waals surface area contributed by atoms with Crippen LogP contribution in [-0.4, -0.2) is 41.6 Å². The van der Waals surface area contributed by atoms with Gasteiger partial charge < -0.3 is 10.2 Å². The van der Waals surface area contributed by atoms with Crippen LogP contribution < -0.4 is 5.32 Å². The zero-order valence-electron chi connectivity index (χ0n) is 11.0. The molecule has 5 nitrogen and oxygen atoms in total. The predicted molar refractivity (Wildman–Crippen MR) is 70.0 cm³/mol. The first-order chi connectivity index (χ1) is 9.00. The molecule has 1 fully saturated rings. The average molecular weight is 260 g/mol. The molecule has 1 saturated heterocycles. The summed E-state index contributed by atoms with van der Waals surface area (Å²) in [6.07, 6.45) is 0. The molecule has 0 aromatic heterocycles. The molecule has 19 heavy (non-hydrogen) atoms. The monoisotopic (exact) mass is 260 g/mol. The SMILES string of the molecule is CC(=O)c1ccc(C(=O)N2CCNC(=O)C2C)cc1. The van der Waals surface area contributed by atoms with Gasteiger partial charge in [0.1, 0.15) is 6.04 Å². The number of Topliss-reactive ketones (excluding diaryl/α,β-unsaturated/α-hetero) is 1. The van der Waals surface area contributed by atoms with Crippen molar-refractivity contribution in [3.8, 4) is 0 Å². The molecule has 1 unspecified atom stereocenters. The molecule has 100 valence electrons. The molecule has 1 aliphatic rings. The highest BCUT2D eigenvalue weighted by Gasteiger charge is 2.29. The molecular formula is C14H16N2O3. The number of carbonyl (C=O) groups excluding carboxylic acids is 3. The van der Waals surface area contributed by atoms with E-state index < -0.39 is 6.04 Å². The van der Waals surface area contributed by atoms with Crippen molar-refractivity contribution in [2.45, 2.75) is 19.9 Å². The van der Waals surface area contributed by atoms with Gasteiger partial charge in [0.25, 0.3) is 5.91 Å². The molecule has 1 atom stereocenters. The number of amides is 2.